The Labute approximate surface area is 154 Å². The summed E-state index contributed by atoms with van der Waals surface area (Å²) in [5, 5.41) is 11.0. The molecule has 126 valence electrons. The zero-order valence-electron chi connectivity index (χ0n) is 14.1. The van der Waals surface area contributed by atoms with Gasteiger partial charge in [0.2, 0.25) is 0 Å². The normalized spacial score (nSPS) is 11.0. The van der Waals surface area contributed by atoms with Gasteiger partial charge in [0.15, 0.2) is 5.96 Å². The quantitative estimate of drug-likeness (QED) is 0.434. The van der Waals surface area contributed by atoms with E-state index in [4.69, 9.17) is 0 Å². The Bertz CT molecular complexity index is 636. The van der Waals surface area contributed by atoms with Crippen LogP contribution in [0.15, 0.2) is 29.4 Å². The predicted molar refractivity (Wildman–Crippen MR) is 104 cm³/mol. The molecular formula is C16H25IN6. The molecule has 0 saturated carbocycles. The largest absolute Gasteiger partial charge is 0.356 e. The summed E-state index contributed by atoms with van der Waals surface area (Å²) in [5.74, 6) is 0.782. The van der Waals surface area contributed by atoms with Crippen LogP contribution >= 0.6 is 24.0 Å². The van der Waals surface area contributed by atoms with Gasteiger partial charge in [-0.05, 0) is 38.0 Å². The lowest BCUT2D eigenvalue weighted by Crippen LogP contribution is -2.38. The van der Waals surface area contributed by atoms with E-state index < -0.39 is 0 Å². The number of aromatic nitrogens is 3. The highest BCUT2D eigenvalue weighted by atomic mass is 127. The van der Waals surface area contributed by atoms with Crippen LogP contribution in [0.5, 0.6) is 0 Å². The van der Waals surface area contributed by atoms with Gasteiger partial charge in [0, 0.05) is 32.5 Å². The molecule has 0 aliphatic heterocycles. The van der Waals surface area contributed by atoms with Crippen LogP contribution < -0.4 is 10.6 Å². The van der Waals surface area contributed by atoms with E-state index >= 15 is 0 Å². The smallest absolute Gasteiger partial charge is 0.191 e. The van der Waals surface area contributed by atoms with Gasteiger partial charge in [0.1, 0.15) is 0 Å². The number of hydrogen-bond donors (Lipinski definition) is 2. The number of hydrogen-bond acceptors (Lipinski definition) is 3. The first-order valence-corrected chi connectivity index (χ1v) is 7.45. The SMILES string of the molecule is CN=C(NCCc1c(C)nn(C)c1C)NCc1ccccn1.I. The molecule has 0 unspecified atom stereocenters. The van der Waals surface area contributed by atoms with Gasteiger partial charge >= 0.3 is 0 Å². The molecule has 0 amide bonds. The molecule has 0 saturated heterocycles. The van der Waals surface area contributed by atoms with Crippen LogP contribution in [0.2, 0.25) is 0 Å². The number of nitrogens with zero attached hydrogens (tertiary/aromatic N) is 4. The van der Waals surface area contributed by atoms with E-state index in [1.165, 1.54) is 11.3 Å². The van der Waals surface area contributed by atoms with Crippen LogP contribution in [0.25, 0.3) is 0 Å². The number of guanidine groups is 1. The lowest BCUT2D eigenvalue weighted by atomic mass is 10.1. The second-order valence-electron chi connectivity index (χ2n) is 5.20. The molecule has 0 radical (unpaired) electrons. The summed E-state index contributed by atoms with van der Waals surface area (Å²) in [7, 11) is 3.75. The maximum absolute atomic E-state index is 4.44. The van der Waals surface area contributed by atoms with Gasteiger partial charge in [-0.25, -0.2) is 0 Å². The Hall–Kier alpha value is -1.64. The highest BCUT2D eigenvalue weighted by Crippen LogP contribution is 2.11. The monoisotopic (exact) mass is 428 g/mol. The minimum atomic E-state index is 0. The first-order valence-electron chi connectivity index (χ1n) is 7.45. The highest BCUT2D eigenvalue weighted by molar-refractivity contribution is 14.0. The van der Waals surface area contributed by atoms with Crippen LogP contribution in [0, 0.1) is 13.8 Å². The van der Waals surface area contributed by atoms with Crippen molar-refractivity contribution in [1.29, 1.82) is 0 Å². The van der Waals surface area contributed by atoms with Gasteiger partial charge in [-0.1, -0.05) is 6.07 Å². The van der Waals surface area contributed by atoms with E-state index in [0.29, 0.717) is 6.54 Å². The predicted octanol–water partition coefficient (Wildman–Crippen LogP) is 1.96. The van der Waals surface area contributed by atoms with Crippen molar-refractivity contribution in [2.45, 2.75) is 26.8 Å². The average molecular weight is 428 g/mol. The summed E-state index contributed by atoms with van der Waals surface area (Å²) in [6.45, 7) is 5.63. The Morgan fingerprint density at radius 3 is 2.61 bits per heavy atom. The van der Waals surface area contributed by atoms with Gasteiger partial charge in [-0.3, -0.25) is 14.7 Å². The van der Waals surface area contributed by atoms with Crippen molar-refractivity contribution in [3.05, 3.63) is 47.0 Å². The van der Waals surface area contributed by atoms with Crippen LogP contribution in [0.3, 0.4) is 0 Å². The molecule has 0 spiro atoms. The third-order valence-electron chi connectivity index (χ3n) is 3.71. The van der Waals surface area contributed by atoms with E-state index in [9.17, 15) is 0 Å². The van der Waals surface area contributed by atoms with Crippen LogP contribution in [0.4, 0.5) is 0 Å². The van der Waals surface area contributed by atoms with Gasteiger partial charge in [-0.2, -0.15) is 5.10 Å². The van der Waals surface area contributed by atoms with Crippen molar-refractivity contribution in [2.24, 2.45) is 12.0 Å². The fraction of sp³-hybridized carbons (Fsp3) is 0.438. The van der Waals surface area contributed by atoms with E-state index in [1.807, 2.05) is 29.9 Å². The minimum absolute atomic E-state index is 0. The maximum Gasteiger partial charge on any atom is 0.191 e. The van der Waals surface area contributed by atoms with Gasteiger partial charge < -0.3 is 10.6 Å². The second kappa shape index (κ2) is 9.49. The summed E-state index contributed by atoms with van der Waals surface area (Å²) in [6, 6.07) is 5.88. The summed E-state index contributed by atoms with van der Waals surface area (Å²) >= 11 is 0. The lowest BCUT2D eigenvalue weighted by molar-refractivity contribution is 0.728. The number of aliphatic imine (C=N–C) groups is 1. The molecule has 0 aromatic carbocycles. The van der Waals surface area contributed by atoms with Crippen LogP contribution in [0.1, 0.15) is 22.6 Å². The number of halogens is 1. The number of pyridine rings is 1. The second-order valence-corrected chi connectivity index (χ2v) is 5.20. The molecule has 6 nitrogen and oxygen atoms in total. The fourth-order valence-corrected chi connectivity index (χ4v) is 2.38. The zero-order chi connectivity index (χ0) is 15.9. The number of nitrogens with one attached hydrogen (secondary N) is 2. The Morgan fingerprint density at radius 2 is 2.04 bits per heavy atom. The lowest BCUT2D eigenvalue weighted by Gasteiger charge is -2.11. The molecule has 2 N–H and O–H groups in total. The van der Waals surface area contributed by atoms with Crippen LogP contribution in [-0.4, -0.2) is 34.3 Å². The Balaban J connectivity index is 0.00000264. The van der Waals surface area contributed by atoms with Gasteiger partial charge in [0.05, 0.1) is 17.9 Å². The Kier molecular flexibility index (Phi) is 8.01. The van der Waals surface area contributed by atoms with E-state index in [1.54, 1.807) is 13.2 Å². The molecule has 0 aliphatic carbocycles. The Morgan fingerprint density at radius 1 is 1.26 bits per heavy atom. The highest BCUT2D eigenvalue weighted by Gasteiger charge is 2.09. The molecule has 2 heterocycles. The summed E-state index contributed by atoms with van der Waals surface area (Å²) in [6.07, 6.45) is 2.72. The average Bonchev–Trinajstić information content (AvgIpc) is 2.77. The fourth-order valence-electron chi connectivity index (χ4n) is 2.38. The molecule has 0 aliphatic rings. The number of rotatable bonds is 5. The van der Waals surface area contributed by atoms with Crippen molar-refractivity contribution in [1.82, 2.24) is 25.4 Å². The third kappa shape index (κ3) is 5.49. The van der Waals surface area contributed by atoms with Crippen molar-refractivity contribution in [3.63, 3.8) is 0 Å². The summed E-state index contributed by atoms with van der Waals surface area (Å²) < 4.78 is 1.93. The molecule has 0 atom stereocenters. The molecule has 2 aromatic heterocycles. The van der Waals surface area contributed by atoms with Gasteiger partial charge in [-0.15, -0.1) is 24.0 Å². The van der Waals surface area contributed by atoms with Crippen molar-refractivity contribution < 1.29 is 0 Å². The molecule has 2 rings (SSSR count). The van der Waals surface area contributed by atoms with E-state index in [-0.39, 0.29) is 24.0 Å². The molecule has 2 aromatic rings. The van der Waals surface area contributed by atoms with Crippen molar-refractivity contribution in [3.8, 4) is 0 Å². The van der Waals surface area contributed by atoms with E-state index in [0.717, 1.165) is 30.3 Å². The molecule has 0 bridgehead atoms. The summed E-state index contributed by atoms with van der Waals surface area (Å²) in [5.41, 5.74) is 4.61. The maximum atomic E-state index is 4.44. The minimum Gasteiger partial charge on any atom is -0.356 e. The first-order chi connectivity index (χ1) is 10.6. The topological polar surface area (TPSA) is 67.1 Å². The molecule has 0 fully saturated rings. The molecule has 7 heteroatoms. The van der Waals surface area contributed by atoms with Gasteiger partial charge in [0.25, 0.3) is 0 Å². The molecular weight excluding hydrogens is 403 g/mol. The molecule has 23 heavy (non-hydrogen) atoms. The summed E-state index contributed by atoms with van der Waals surface area (Å²) in [4.78, 5) is 8.51. The van der Waals surface area contributed by atoms with Crippen molar-refractivity contribution in [2.75, 3.05) is 13.6 Å². The van der Waals surface area contributed by atoms with Crippen LogP contribution in [-0.2, 0) is 20.0 Å². The first kappa shape index (κ1) is 19.4. The number of aryl methyl sites for hydroxylation is 2. The van der Waals surface area contributed by atoms with E-state index in [2.05, 4.69) is 39.6 Å². The third-order valence-corrected chi connectivity index (χ3v) is 3.71. The zero-order valence-corrected chi connectivity index (χ0v) is 16.5. The standard InChI is InChI=1S/C16H24N6.HI/c1-12-15(13(2)22(4)21-12)8-10-19-16(17-3)20-11-14-7-5-6-9-18-14;/h5-7,9H,8,10-11H2,1-4H3,(H2,17,19,20);1H. The van der Waals surface area contributed by atoms with Crippen molar-refractivity contribution >= 4 is 29.9 Å².